The van der Waals surface area contributed by atoms with Gasteiger partial charge in [-0.15, -0.1) is 0 Å². The van der Waals surface area contributed by atoms with Crippen LogP contribution in [-0.4, -0.2) is 39.1 Å². The molecule has 0 rings (SSSR count). The lowest BCUT2D eigenvalue weighted by Crippen LogP contribution is -2.37. The Labute approximate surface area is 89.6 Å². The number of carbonyl (C=O) groups excluding carboxylic acids is 1. The summed E-state index contributed by atoms with van der Waals surface area (Å²) in [6.45, 7) is 0.845. The third-order valence-electron chi connectivity index (χ3n) is 1.25. The highest BCUT2D eigenvalue weighted by molar-refractivity contribution is 7.51. The van der Waals surface area contributed by atoms with Crippen LogP contribution < -0.4 is 5.09 Å². The van der Waals surface area contributed by atoms with Gasteiger partial charge in [-0.2, -0.15) is 5.09 Å². The van der Waals surface area contributed by atoms with Crippen molar-refractivity contribution in [2.45, 2.75) is 19.4 Å². The average Bonchev–Trinajstić information content (AvgIpc) is 1.98. The van der Waals surface area contributed by atoms with E-state index >= 15 is 0 Å². The molecule has 0 amide bonds. The summed E-state index contributed by atoms with van der Waals surface area (Å²) in [6.07, 6.45) is -0.929. The van der Waals surface area contributed by atoms with Crippen molar-refractivity contribution in [3.8, 4) is 0 Å². The molecular formula is C6H10NO8P. The van der Waals surface area contributed by atoms with Gasteiger partial charge in [-0.1, -0.05) is 0 Å². The number of carboxylic acids is 2. The minimum atomic E-state index is -4.66. The number of hydrogen-bond acceptors (Lipinski definition) is 5. The van der Waals surface area contributed by atoms with Gasteiger partial charge in [0.1, 0.15) is 6.04 Å². The lowest BCUT2D eigenvalue weighted by atomic mass is 10.2. The fraction of sp³-hybridized carbons (Fsp3) is 0.500. The monoisotopic (exact) mass is 255 g/mol. The molecular weight excluding hydrogens is 245 g/mol. The minimum absolute atomic E-state index is 0.845. The first-order valence-corrected chi connectivity index (χ1v) is 5.47. The van der Waals surface area contributed by atoms with Crippen molar-refractivity contribution < 1.29 is 38.6 Å². The first-order chi connectivity index (χ1) is 7.14. The largest absolute Gasteiger partial charge is 0.481 e. The van der Waals surface area contributed by atoms with Gasteiger partial charge in [0, 0.05) is 6.92 Å². The molecule has 2 atom stereocenters. The molecule has 0 saturated carbocycles. The predicted octanol–water partition coefficient (Wildman–Crippen LogP) is -0.833. The zero-order valence-corrected chi connectivity index (χ0v) is 9.01. The number of carbonyl (C=O) groups is 3. The quantitative estimate of drug-likeness (QED) is 0.445. The van der Waals surface area contributed by atoms with Crippen LogP contribution >= 0.6 is 7.75 Å². The fourth-order valence-corrected chi connectivity index (χ4v) is 1.76. The Hall–Kier alpha value is -1.44. The summed E-state index contributed by atoms with van der Waals surface area (Å²) in [5.41, 5.74) is 0. The van der Waals surface area contributed by atoms with E-state index in [4.69, 9.17) is 15.1 Å². The molecule has 0 spiro atoms. The standard InChI is InChI=1S/C6H10NO8P/c1-3(8)15-16(13,14)7-4(6(11)12)2-5(9)10/h4H,2H2,1H3,(H,9,10)(H,11,12)(H2,7,13,14)/t4-/m0/s1. The Kier molecular flexibility index (Phi) is 5.09. The summed E-state index contributed by atoms with van der Waals surface area (Å²) in [5, 5.41) is 18.4. The Bertz CT molecular complexity index is 352. The van der Waals surface area contributed by atoms with Crippen molar-refractivity contribution in [3.63, 3.8) is 0 Å². The molecule has 0 aromatic heterocycles. The number of aliphatic carboxylic acids is 2. The SMILES string of the molecule is CC(=O)OP(=O)(O)N[C@@H](CC(=O)O)C(=O)O. The molecule has 92 valence electrons. The number of hydrogen-bond donors (Lipinski definition) is 4. The number of rotatable bonds is 6. The highest BCUT2D eigenvalue weighted by Crippen LogP contribution is 2.37. The van der Waals surface area contributed by atoms with E-state index in [-0.39, 0.29) is 0 Å². The molecule has 0 heterocycles. The number of carboxylic acid groups (broad SMARTS) is 2. The summed E-state index contributed by atoms with van der Waals surface area (Å²) in [7, 11) is -4.66. The van der Waals surface area contributed by atoms with Gasteiger partial charge in [0.05, 0.1) is 6.42 Å². The smallest absolute Gasteiger partial charge is 0.459 e. The Morgan fingerprint density at radius 3 is 2.19 bits per heavy atom. The van der Waals surface area contributed by atoms with Crippen molar-refractivity contribution in [2.75, 3.05) is 0 Å². The second kappa shape index (κ2) is 5.59. The van der Waals surface area contributed by atoms with Crippen LogP contribution in [0.1, 0.15) is 13.3 Å². The minimum Gasteiger partial charge on any atom is -0.481 e. The van der Waals surface area contributed by atoms with E-state index in [1.54, 1.807) is 5.09 Å². The van der Waals surface area contributed by atoms with Crippen LogP contribution in [-0.2, 0) is 23.5 Å². The van der Waals surface area contributed by atoms with Gasteiger partial charge < -0.3 is 19.6 Å². The Balaban J connectivity index is 4.62. The molecule has 0 aliphatic rings. The maximum atomic E-state index is 11.1. The van der Waals surface area contributed by atoms with Crippen molar-refractivity contribution in [1.82, 2.24) is 5.09 Å². The van der Waals surface area contributed by atoms with Crippen LogP contribution in [0.4, 0.5) is 0 Å². The molecule has 0 saturated heterocycles. The molecule has 0 aliphatic heterocycles. The third kappa shape index (κ3) is 6.12. The molecule has 4 N–H and O–H groups in total. The van der Waals surface area contributed by atoms with Gasteiger partial charge in [-0.05, 0) is 0 Å². The summed E-state index contributed by atoms with van der Waals surface area (Å²) in [6, 6.07) is -1.83. The lowest BCUT2D eigenvalue weighted by Gasteiger charge is -2.16. The van der Waals surface area contributed by atoms with Crippen molar-refractivity contribution in [2.24, 2.45) is 0 Å². The van der Waals surface area contributed by atoms with E-state index in [0.29, 0.717) is 0 Å². The highest BCUT2D eigenvalue weighted by atomic mass is 31.2. The molecule has 1 unspecified atom stereocenters. The zero-order chi connectivity index (χ0) is 12.9. The van der Waals surface area contributed by atoms with Gasteiger partial charge >= 0.3 is 25.7 Å². The second-order valence-electron chi connectivity index (χ2n) is 2.72. The van der Waals surface area contributed by atoms with Gasteiger partial charge in [-0.3, -0.25) is 14.4 Å². The van der Waals surface area contributed by atoms with Gasteiger partial charge in [0.25, 0.3) is 0 Å². The maximum absolute atomic E-state index is 11.1. The van der Waals surface area contributed by atoms with E-state index in [1.165, 1.54) is 0 Å². The molecule has 10 heteroatoms. The van der Waals surface area contributed by atoms with Crippen molar-refractivity contribution in [3.05, 3.63) is 0 Å². The summed E-state index contributed by atoms with van der Waals surface area (Å²) < 4.78 is 15.0. The van der Waals surface area contributed by atoms with Crippen LogP contribution in [0, 0.1) is 0 Å². The first kappa shape index (κ1) is 14.6. The Morgan fingerprint density at radius 1 is 1.38 bits per heavy atom. The lowest BCUT2D eigenvalue weighted by molar-refractivity contribution is -0.145. The maximum Gasteiger partial charge on any atom is 0.459 e. The molecule has 0 aromatic carbocycles. The highest BCUT2D eigenvalue weighted by Gasteiger charge is 2.32. The fourth-order valence-electron chi connectivity index (χ4n) is 0.760. The van der Waals surface area contributed by atoms with Crippen LogP contribution in [0.2, 0.25) is 0 Å². The van der Waals surface area contributed by atoms with Gasteiger partial charge in [0.15, 0.2) is 0 Å². The van der Waals surface area contributed by atoms with Crippen LogP contribution in [0.25, 0.3) is 0 Å². The number of nitrogens with one attached hydrogen (secondary N) is 1. The average molecular weight is 255 g/mol. The summed E-state index contributed by atoms with van der Waals surface area (Å²) >= 11 is 0. The molecule has 9 nitrogen and oxygen atoms in total. The predicted molar refractivity (Wildman–Crippen MR) is 48.4 cm³/mol. The molecule has 0 fully saturated rings. The first-order valence-electron chi connectivity index (χ1n) is 3.89. The Morgan fingerprint density at radius 2 is 1.88 bits per heavy atom. The summed E-state index contributed by atoms with van der Waals surface area (Å²) in [5.74, 6) is -4.23. The molecule has 0 radical (unpaired) electrons. The van der Waals surface area contributed by atoms with Crippen LogP contribution in [0.15, 0.2) is 0 Å². The van der Waals surface area contributed by atoms with E-state index in [0.717, 1.165) is 6.92 Å². The van der Waals surface area contributed by atoms with Crippen molar-refractivity contribution in [1.29, 1.82) is 0 Å². The normalized spacial score (nSPS) is 15.9. The summed E-state index contributed by atoms with van der Waals surface area (Å²) in [4.78, 5) is 40.1. The van der Waals surface area contributed by atoms with E-state index < -0.39 is 38.1 Å². The molecule has 0 aliphatic carbocycles. The van der Waals surface area contributed by atoms with E-state index in [2.05, 4.69) is 4.52 Å². The molecule has 16 heavy (non-hydrogen) atoms. The molecule has 0 bridgehead atoms. The topological polar surface area (TPSA) is 150 Å². The van der Waals surface area contributed by atoms with Crippen LogP contribution in [0.3, 0.4) is 0 Å². The van der Waals surface area contributed by atoms with Gasteiger partial charge in [0.2, 0.25) is 0 Å². The van der Waals surface area contributed by atoms with Crippen LogP contribution in [0.5, 0.6) is 0 Å². The van der Waals surface area contributed by atoms with Gasteiger partial charge in [-0.25, -0.2) is 4.57 Å². The van der Waals surface area contributed by atoms with Crippen molar-refractivity contribution >= 4 is 25.7 Å². The second-order valence-corrected chi connectivity index (χ2v) is 4.20. The molecule has 0 aromatic rings. The third-order valence-corrected chi connectivity index (χ3v) is 2.39. The zero-order valence-electron chi connectivity index (χ0n) is 8.11. The van der Waals surface area contributed by atoms with E-state index in [9.17, 15) is 18.9 Å². The van der Waals surface area contributed by atoms with E-state index in [1.807, 2.05) is 0 Å².